The van der Waals surface area contributed by atoms with Crippen LogP contribution in [0.5, 0.6) is 11.5 Å². The van der Waals surface area contributed by atoms with Gasteiger partial charge in [0, 0.05) is 23.7 Å². The highest BCUT2D eigenvalue weighted by atomic mass is 16.5. The summed E-state index contributed by atoms with van der Waals surface area (Å²) in [5.41, 5.74) is 1.24. The first kappa shape index (κ1) is 32.2. The molecule has 1 amide bonds. The summed E-state index contributed by atoms with van der Waals surface area (Å²) in [6.07, 6.45) is 17.5. The highest BCUT2D eigenvalue weighted by molar-refractivity contribution is 6.46. The van der Waals surface area contributed by atoms with Gasteiger partial charge in [-0.1, -0.05) is 121 Å². The van der Waals surface area contributed by atoms with Crippen molar-refractivity contribution in [2.24, 2.45) is 0 Å². The lowest BCUT2D eigenvalue weighted by atomic mass is 9.94. The molecule has 0 radical (unpaired) electrons. The molecule has 2 aromatic rings. The summed E-state index contributed by atoms with van der Waals surface area (Å²) in [6, 6.07) is 13.5. The van der Waals surface area contributed by atoms with Gasteiger partial charge in [-0.3, -0.25) is 9.59 Å². The van der Waals surface area contributed by atoms with Gasteiger partial charge in [-0.15, -0.1) is 0 Å². The van der Waals surface area contributed by atoms with Crippen LogP contribution in [0.3, 0.4) is 0 Å². The van der Waals surface area contributed by atoms with Crippen LogP contribution in [0.4, 0.5) is 0 Å². The molecular formula is C35H49NO5. The standard InChI is InChI=1S/C35H49NO5/c1-4-5-6-7-8-9-10-11-12-13-14-15-16-20-25-36-32(29-24-23-28(40-2)26-30(29)41-3)31(34(38)35(36)39)33(37)27-21-18-17-19-22-27/h17-19,21-24,26,32,37H,4-16,20,25H2,1-3H3/b33-31+. The third kappa shape index (κ3) is 9.11. The molecule has 1 aliphatic rings. The van der Waals surface area contributed by atoms with Crippen LogP contribution in [0.25, 0.3) is 5.76 Å². The molecule has 1 atom stereocenters. The zero-order valence-corrected chi connectivity index (χ0v) is 25.3. The number of hydrogen-bond donors (Lipinski definition) is 1. The molecule has 1 saturated heterocycles. The summed E-state index contributed by atoms with van der Waals surface area (Å²) in [6.45, 7) is 2.70. The van der Waals surface area contributed by atoms with Gasteiger partial charge in [0.25, 0.3) is 11.7 Å². The zero-order chi connectivity index (χ0) is 29.5. The summed E-state index contributed by atoms with van der Waals surface area (Å²) in [5.74, 6) is -0.311. The van der Waals surface area contributed by atoms with Crippen molar-refractivity contribution < 1.29 is 24.2 Å². The first-order valence-electron chi connectivity index (χ1n) is 15.6. The lowest BCUT2D eigenvalue weighted by Gasteiger charge is -2.27. The molecule has 0 saturated carbocycles. The van der Waals surface area contributed by atoms with Gasteiger partial charge < -0.3 is 19.5 Å². The van der Waals surface area contributed by atoms with E-state index < -0.39 is 17.7 Å². The van der Waals surface area contributed by atoms with E-state index in [2.05, 4.69) is 6.92 Å². The number of aliphatic hydroxyl groups excluding tert-OH is 1. The number of ketones is 1. The number of carbonyl (C=O) groups excluding carboxylic acids is 2. The summed E-state index contributed by atoms with van der Waals surface area (Å²) in [4.78, 5) is 28.2. The minimum atomic E-state index is -0.738. The monoisotopic (exact) mass is 563 g/mol. The molecule has 1 heterocycles. The predicted molar refractivity (Wildman–Crippen MR) is 165 cm³/mol. The molecule has 3 rings (SSSR count). The SMILES string of the molecule is CCCCCCCCCCCCCCCCN1C(=O)C(=O)/C(=C(/O)c2ccccc2)C1c1ccc(OC)cc1OC. The van der Waals surface area contributed by atoms with E-state index in [0.717, 1.165) is 19.3 Å². The Kier molecular flexibility index (Phi) is 13.8. The molecule has 224 valence electrons. The van der Waals surface area contributed by atoms with Crippen molar-refractivity contribution >= 4 is 17.4 Å². The van der Waals surface area contributed by atoms with Crippen LogP contribution < -0.4 is 9.47 Å². The summed E-state index contributed by atoms with van der Waals surface area (Å²) in [5, 5.41) is 11.2. The number of unbranched alkanes of at least 4 members (excludes halogenated alkanes) is 13. The number of ether oxygens (including phenoxy) is 2. The Bertz CT molecular complexity index is 1130. The number of amides is 1. The number of methoxy groups -OCH3 is 2. The van der Waals surface area contributed by atoms with E-state index in [1.165, 1.54) is 70.6 Å². The number of benzene rings is 2. The molecule has 41 heavy (non-hydrogen) atoms. The smallest absolute Gasteiger partial charge is 0.295 e. The normalized spacial score (nSPS) is 16.4. The maximum atomic E-state index is 13.3. The van der Waals surface area contributed by atoms with Crippen LogP contribution in [0, 0.1) is 0 Å². The second-order valence-corrected chi connectivity index (χ2v) is 11.1. The molecule has 2 aromatic carbocycles. The molecule has 0 aliphatic carbocycles. The topological polar surface area (TPSA) is 76.1 Å². The van der Waals surface area contributed by atoms with Gasteiger partial charge >= 0.3 is 0 Å². The van der Waals surface area contributed by atoms with Crippen LogP contribution >= 0.6 is 0 Å². The minimum Gasteiger partial charge on any atom is -0.507 e. The van der Waals surface area contributed by atoms with Crippen LogP contribution in [0.2, 0.25) is 0 Å². The summed E-state index contributed by atoms with van der Waals surface area (Å²) in [7, 11) is 3.13. The van der Waals surface area contributed by atoms with E-state index in [1.807, 2.05) is 12.1 Å². The number of aliphatic hydroxyl groups is 1. The quantitative estimate of drug-likeness (QED) is 0.0801. The Balaban J connectivity index is 1.60. The Morgan fingerprint density at radius 2 is 1.32 bits per heavy atom. The van der Waals surface area contributed by atoms with Crippen molar-refractivity contribution in [3.63, 3.8) is 0 Å². The number of carbonyl (C=O) groups is 2. The van der Waals surface area contributed by atoms with Gasteiger partial charge in [0.2, 0.25) is 0 Å². The zero-order valence-electron chi connectivity index (χ0n) is 25.3. The highest BCUT2D eigenvalue weighted by Crippen LogP contribution is 2.43. The maximum Gasteiger partial charge on any atom is 0.295 e. The van der Waals surface area contributed by atoms with Crippen molar-refractivity contribution in [1.29, 1.82) is 0 Å². The predicted octanol–water partition coefficient (Wildman–Crippen LogP) is 8.61. The third-order valence-electron chi connectivity index (χ3n) is 8.07. The fourth-order valence-electron chi connectivity index (χ4n) is 5.71. The Morgan fingerprint density at radius 1 is 0.756 bits per heavy atom. The van der Waals surface area contributed by atoms with Gasteiger partial charge in [-0.2, -0.15) is 0 Å². The molecule has 6 heteroatoms. The Labute approximate surface area is 246 Å². The van der Waals surface area contributed by atoms with Crippen molar-refractivity contribution in [1.82, 2.24) is 4.90 Å². The fourth-order valence-corrected chi connectivity index (χ4v) is 5.71. The molecule has 1 N–H and O–H groups in total. The molecule has 0 spiro atoms. The van der Waals surface area contributed by atoms with Crippen molar-refractivity contribution in [3.05, 3.63) is 65.2 Å². The van der Waals surface area contributed by atoms with Gasteiger partial charge in [0.05, 0.1) is 25.8 Å². The van der Waals surface area contributed by atoms with E-state index in [0.29, 0.717) is 29.2 Å². The van der Waals surface area contributed by atoms with Crippen molar-refractivity contribution in [2.45, 2.75) is 103 Å². The first-order chi connectivity index (χ1) is 20.0. The lowest BCUT2D eigenvalue weighted by molar-refractivity contribution is -0.139. The molecule has 1 aliphatic heterocycles. The lowest BCUT2D eigenvalue weighted by Crippen LogP contribution is -2.31. The number of hydrogen-bond acceptors (Lipinski definition) is 5. The highest BCUT2D eigenvalue weighted by Gasteiger charge is 2.46. The maximum absolute atomic E-state index is 13.3. The second-order valence-electron chi connectivity index (χ2n) is 11.1. The largest absolute Gasteiger partial charge is 0.507 e. The molecule has 1 unspecified atom stereocenters. The van der Waals surface area contributed by atoms with Gasteiger partial charge in [-0.25, -0.2) is 0 Å². The van der Waals surface area contributed by atoms with E-state index in [4.69, 9.17) is 9.47 Å². The third-order valence-corrected chi connectivity index (χ3v) is 8.07. The van der Waals surface area contributed by atoms with E-state index in [-0.39, 0.29) is 11.3 Å². The van der Waals surface area contributed by atoms with Crippen LogP contribution in [-0.2, 0) is 9.59 Å². The minimum absolute atomic E-state index is 0.0926. The van der Waals surface area contributed by atoms with Gasteiger partial charge in [0.15, 0.2) is 0 Å². The molecule has 1 fully saturated rings. The Morgan fingerprint density at radius 3 is 1.85 bits per heavy atom. The fraction of sp³-hybridized carbons (Fsp3) is 0.543. The van der Waals surface area contributed by atoms with E-state index >= 15 is 0 Å². The second kappa shape index (κ2) is 17.5. The summed E-state index contributed by atoms with van der Waals surface area (Å²) >= 11 is 0. The number of Topliss-reactive ketones (excluding diaryl/α,β-unsaturated/α-hetero) is 1. The molecule has 6 nitrogen and oxygen atoms in total. The van der Waals surface area contributed by atoms with Gasteiger partial charge in [-0.05, 0) is 18.6 Å². The average molecular weight is 564 g/mol. The van der Waals surface area contributed by atoms with Crippen molar-refractivity contribution in [2.75, 3.05) is 20.8 Å². The van der Waals surface area contributed by atoms with Crippen LogP contribution in [-0.4, -0.2) is 42.5 Å². The number of likely N-dealkylation sites (tertiary alicyclic amines) is 1. The van der Waals surface area contributed by atoms with Crippen molar-refractivity contribution in [3.8, 4) is 11.5 Å². The van der Waals surface area contributed by atoms with Gasteiger partial charge in [0.1, 0.15) is 17.3 Å². The molecule has 0 bridgehead atoms. The van der Waals surface area contributed by atoms with E-state index in [1.54, 1.807) is 55.5 Å². The first-order valence-corrected chi connectivity index (χ1v) is 15.6. The molecular weight excluding hydrogens is 514 g/mol. The molecule has 0 aromatic heterocycles. The Hall–Kier alpha value is -3.28. The number of rotatable bonds is 19. The summed E-state index contributed by atoms with van der Waals surface area (Å²) < 4.78 is 11.0. The van der Waals surface area contributed by atoms with E-state index in [9.17, 15) is 14.7 Å². The average Bonchev–Trinajstić information content (AvgIpc) is 3.25. The van der Waals surface area contributed by atoms with Crippen LogP contribution in [0.15, 0.2) is 54.1 Å². The van der Waals surface area contributed by atoms with Crippen LogP contribution in [0.1, 0.15) is 114 Å². The number of nitrogens with zero attached hydrogens (tertiary/aromatic N) is 1.